The molecule has 1 aromatic carbocycles. The van der Waals surface area contributed by atoms with Gasteiger partial charge in [-0.15, -0.1) is 0 Å². The Hall–Kier alpha value is -2.97. The van der Waals surface area contributed by atoms with Crippen LogP contribution in [0, 0.1) is 11.6 Å². The second-order valence-corrected chi connectivity index (χ2v) is 5.65. The van der Waals surface area contributed by atoms with Gasteiger partial charge in [0.15, 0.2) is 0 Å². The molecule has 0 saturated heterocycles. The molecule has 0 bridgehead atoms. The molecule has 0 fully saturated rings. The third-order valence-electron chi connectivity index (χ3n) is 3.96. The van der Waals surface area contributed by atoms with Crippen molar-refractivity contribution in [3.63, 3.8) is 0 Å². The lowest BCUT2D eigenvalue weighted by molar-refractivity contribution is 0.0948. The summed E-state index contributed by atoms with van der Waals surface area (Å²) in [4.78, 5) is 25.3. The summed E-state index contributed by atoms with van der Waals surface area (Å²) in [6, 6.07) is 3.31. The number of hydrogen-bond acceptors (Lipinski definition) is 3. The molecule has 0 atom stereocenters. The van der Waals surface area contributed by atoms with Gasteiger partial charge in [-0.25, -0.2) is 13.6 Å². The molecule has 1 aliphatic heterocycles. The summed E-state index contributed by atoms with van der Waals surface area (Å²) < 4.78 is 27.0. The summed E-state index contributed by atoms with van der Waals surface area (Å²) >= 11 is 0. The minimum atomic E-state index is -0.653. The number of H-pyrrole nitrogens is 1. The second-order valence-electron chi connectivity index (χ2n) is 5.65. The van der Waals surface area contributed by atoms with Crippen LogP contribution < -0.4 is 10.6 Å². The van der Waals surface area contributed by atoms with Gasteiger partial charge in [0.1, 0.15) is 17.3 Å². The van der Waals surface area contributed by atoms with Crippen LogP contribution in [0.1, 0.15) is 21.6 Å². The number of nitrogens with one attached hydrogen (secondary N) is 3. The molecule has 1 aliphatic rings. The Morgan fingerprint density at radius 3 is 2.80 bits per heavy atom. The van der Waals surface area contributed by atoms with Crippen molar-refractivity contribution in [1.82, 2.24) is 25.7 Å². The second kappa shape index (κ2) is 7.29. The highest BCUT2D eigenvalue weighted by atomic mass is 19.1. The largest absolute Gasteiger partial charge is 0.349 e. The van der Waals surface area contributed by atoms with E-state index in [-0.39, 0.29) is 31.6 Å². The van der Waals surface area contributed by atoms with E-state index in [1.165, 1.54) is 23.2 Å². The number of fused-ring (bicyclic) bond motifs is 1. The van der Waals surface area contributed by atoms with Gasteiger partial charge < -0.3 is 15.5 Å². The Kier molecular flexibility index (Phi) is 4.92. The molecule has 9 heteroatoms. The molecule has 0 saturated carbocycles. The average molecular weight is 349 g/mol. The Bertz CT molecular complexity index is 779. The Morgan fingerprint density at radius 2 is 2.04 bits per heavy atom. The molecule has 132 valence electrons. The van der Waals surface area contributed by atoms with Crippen LogP contribution in [-0.4, -0.2) is 46.7 Å². The van der Waals surface area contributed by atoms with Crippen LogP contribution in [0.3, 0.4) is 0 Å². The van der Waals surface area contributed by atoms with E-state index in [0.29, 0.717) is 29.8 Å². The molecular formula is C16H17F2N5O2. The maximum atomic E-state index is 13.7. The Morgan fingerprint density at radius 1 is 1.24 bits per heavy atom. The number of aromatic amines is 1. The van der Waals surface area contributed by atoms with Crippen molar-refractivity contribution in [2.24, 2.45) is 0 Å². The first kappa shape index (κ1) is 16.9. The van der Waals surface area contributed by atoms with Crippen LogP contribution in [0.25, 0.3) is 0 Å². The number of nitrogens with zero attached hydrogens (tertiary/aromatic N) is 2. The molecule has 0 spiro atoms. The van der Waals surface area contributed by atoms with Crippen LogP contribution in [0.2, 0.25) is 0 Å². The number of benzene rings is 1. The van der Waals surface area contributed by atoms with Gasteiger partial charge in [-0.3, -0.25) is 9.89 Å². The topological polar surface area (TPSA) is 90.1 Å². The van der Waals surface area contributed by atoms with E-state index in [9.17, 15) is 18.4 Å². The van der Waals surface area contributed by atoms with E-state index in [4.69, 9.17) is 0 Å². The van der Waals surface area contributed by atoms with Crippen LogP contribution >= 0.6 is 0 Å². The molecule has 2 heterocycles. The first-order chi connectivity index (χ1) is 12.0. The fraction of sp³-hybridized carbons (Fsp3) is 0.312. The first-order valence-electron chi connectivity index (χ1n) is 7.82. The molecule has 0 radical (unpaired) electrons. The van der Waals surface area contributed by atoms with Crippen LogP contribution in [-0.2, 0) is 13.0 Å². The smallest absolute Gasteiger partial charge is 0.317 e. The average Bonchev–Trinajstić information content (AvgIpc) is 3.12. The van der Waals surface area contributed by atoms with Gasteiger partial charge in [-0.1, -0.05) is 0 Å². The fourth-order valence-electron chi connectivity index (χ4n) is 2.72. The minimum absolute atomic E-state index is 0.149. The molecule has 2 aromatic rings. The van der Waals surface area contributed by atoms with Crippen molar-refractivity contribution < 1.29 is 18.4 Å². The van der Waals surface area contributed by atoms with Gasteiger partial charge in [0, 0.05) is 38.4 Å². The molecule has 3 amide bonds. The van der Waals surface area contributed by atoms with Crippen molar-refractivity contribution in [2.45, 2.75) is 13.0 Å². The number of hydrogen-bond donors (Lipinski definition) is 3. The predicted molar refractivity (Wildman–Crippen MR) is 84.8 cm³/mol. The first-order valence-corrected chi connectivity index (χ1v) is 7.82. The van der Waals surface area contributed by atoms with E-state index in [0.717, 1.165) is 6.07 Å². The van der Waals surface area contributed by atoms with E-state index in [1.54, 1.807) is 0 Å². The number of carbonyl (C=O) groups is 2. The molecular weight excluding hydrogens is 332 g/mol. The maximum absolute atomic E-state index is 13.7. The molecule has 0 unspecified atom stereocenters. The number of carbonyl (C=O) groups excluding carboxylic acids is 2. The summed E-state index contributed by atoms with van der Waals surface area (Å²) in [6.45, 7) is 0.981. The molecule has 25 heavy (non-hydrogen) atoms. The van der Waals surface area contributed by atoms with Crippen molar-refractivity contribution in [2.75, 3.05) is 19.6 Å². The highest BCUT2D eigenvalue weighted by molar-refractivity contribution is 5.92. The summed E-state index contributed by atoms with van der Waals surface area (Å²) in [7, 11) is 0. The predicted octanol–water partition coefficient (Wildman–Crippen LogP) is 1.19. The fourth-order valence-corrected chi connectivity index (χ4v) is 2.72. The number of urea groups is 1. The Balaban J connectivity index is 1.47. The molecule has 1 aromatic heterocycles. The summed E-state index contributed by atoms with van der Waals surface area (Å²) in [6.07, 6.45) is 1.81. The van der Waals surface area contributed by atoms with Crippen LogP contribution in [0.15, 0.2) is 24.4 Å². The quantitative estimate of drug-likeness (QED) is 0.724. The lowest BCUT2D eigenvalue weighted by Crippen LogP contribution is -2.45. The van der Waals surface area contributed by atoms with Gasteiger partial charge >= 0.3 is 6.03 Å². The number of amides is 3. The lowest BCUT2D eigenvalue weighted by atomic mass is 9.99. The van der Waals surface area contributed by atoms with E-state index >= 15 is 0 Å². The summed E-state index contributed by atoms with van der Waals surface area (Å²) in [5.74, 6) is -1.54. The monoisotopic (exact) mass is 349 g/mol. The molecule has 7 nitrogen and oxygen atoms in total. The third kappa shape index (κ3) is 3.93. The van der Waals surface area contributed by atoms with Gasteiger partial charge in [-0.2, -0.15) is 5.10 Å². The van der Waals surface area contributed by atoms with Crippen molar-refractivity contribution >= 4 is 11.9 Å². The van der Waals surface area contributed by atoms with Gasteiger partial charge in [0.25, 0.3) is 5.91 Å². The minimum Gasteiger partial charge on any atom is -0.349 e. The van der Waals surface area contributed by atoms with Gasteiger partial charge in [-0.05, 0) is 29.7 Å². The van der Waals surface area contributed by atoms with Crippen LogP contribution in [0.5, 0.6) is 0 Å². The third-order valence-corrected chi connectivity index (χ3v) is 3.96. The number of halogens is 2. The zero-order valence-corrected chi connectivity index (χ0v) is 13.3. The standard InChI is InChI=1S/C16H17F2N5O2/c17-11-7-10-9-23(6-2-12(10)13(18)8-11)16(25)20-5-4-19-15(24)14-1-3-21-22-14/h1,3,7-8H,2,4-6,9H2,(H,19,24)(H,20,25)(H,21,22). The van der Waals surface area contributed by atoms with E-state index in [1.807, 2.05) is 0 Å². The van der Waals surface area contributed by atoms with Crippen molar-refractivity contribution in [3.05, 3.63) is 52.9 Å². The van der Waals surface area contributed by atoms with E-state index in [2.05, 4.69) is 20.8 Å². The Labute approximate surface area is 142 Å². The zero-order chi connectivity index (χ0) is 17.8. The SMILES string of the molecule is O=C(NCCNC(=O)N1CCc2c(F)cc(F)cc2C1)c1ccn[nH]1. The van der Waals surface area contributed by atoms with E-state index < -0.39 is 11.6 Å². The van der Waals surface area contributed by atoms with Crippen LogP contribution in [0.4, 0.5) is 13.6 Å². The van der Waals surface area contributed by atoms with Crippen molar-refractivity contribution in [3.8, 4) is 0 Å². The van der Waals surface area contributed by atoms with Crippen molar-refractivity contribution in [1.29, 1.82) is 0 Å². The van der Waals surface area contributed by atoms with Gasteiger partial charge in [0.05, 0.1) is 0 Å². The summed E-state index contributed by atoms with van der Waals surface area (Å²) in [5.41, 5.74) is 1.27. The van der Waals surface area contributed by atoms with Gasteiger partial charge in [0.2, 0.25) is 0 Å². The normalized spacial score (nSPS) is 13.3. The lowest BCUT2D eigenvalue weighted by Gasteiger charge is -2.29. The molecule has 3 rings (SSSR count). The number of aromatic nitrogens is 2. The zero-order valence-electron chi connectivity index (χ0n) is 13.3. The molecule has 0 aliphatic carbocycles. The highest BCUT2D eigenvalue weighted by Gasteiger charge is 2.23. The maximum Gasteiger partial charge on any atom is 0.317 e. The number of rotatable bonds is 4. The molecule has 3 N–H and O–H groups in total. The highest BCUT2D eigenvalue weighted by Crippen LogP contribution is 2.23. The summed E-state index contributed by atoms with van der Waals surface area (Å²) in [5, 5.41) is 11.5.